The highest BCUT2D eigenvalue weighted by Gasteiger charge is 2.37. The fourth-order valence-corrected chi connectivity index (χ4v) is 7.57. The number of amides is 3. The molecule has 4 aromatic carbocycles. The van der Waals surface area contributed by atoms with Crippen LogP contribution in [0.25, 0.3) is 11.4 Å². The molecular weight excluding hydrogens is 920 g/mol. The van der Waals surface area contributed by atoms with Crippen molar-refractivity contribution in [2.45, 2.75) is 26.7 Å². The van der Waals surface area contributed by atoms with Gasteiger partial charge in [0.15, 0.2) is 11.4 Å². The highest BCUT2D eigenvalue weighted by Crippen LogP contribution is 2.32. The Morgan fingerprint density at radius 1 is 0.652 bits per heavy atom. The molecule has 0 unspecified atom stereocenters. The van der Waals surface area contributed by atoms with E-state index in [1.807, 2.05) is 0 Å². The molecule has 3 amide bonds. The smallest absolute Gasteiger partial charge is 0.359 e. The van der Waals surface area contributed by atoms with Gasteiger partial charge in [-0.15, -0.1) is 0 Å². The van der Waals surface area contributed by atoms with E-state index in [0.717, 1.165) is 0 Å². The van der Waals surface area contributed by atoms with E-state index in [0.29, 0.717) is 82.7 Å². The van der Waals surface area contributed by atoms with Gasteiger partial charge in [0.25, 0.3) is 17.5 Å². The number of aromatic nitrogens is 4. The molecule has 66 heavy (non-hydrogen) atoms. The second-order valence-corrected chi connectivity index (χ2v) is 15.0. The van der Waals surface area contributed by atoms with Crippen molar-refractivity contribution in [1.29, 1.82) is 0 Å². The van der Waals surface area contributed by atoms with Gasteiger partial charge in [-0.05, 0) is 112 Å². The van der Waals surface area contributed by atoms with Crippen LogP contribution in [-0.4, -0.2) is 100.0 Å². The Bertz CT molecular complexity index is 2790. The number of rotatable bonds is 13. The Morgan fingerprint density at radius 3 is 1.41 bits per heavy atom. The lowest BCUT2D eigenvalue weighted by Gasteiger charge is -2.28. The molecule has 8 rings (SSSR count). The summed E-state index contributed by atoms with van der Waals surface area (Å²) in [7, 11) is 3.12. The van der Waals surface area contributed by atoms with E-state index in [2.05, 4.69) is 31.4 Å². The van der Waals surface area contributed by atoms with E-state index in [9.17, 15) is 34.1 Å². The second kappa shape index (κ2) is 20.3. The normalized spacial score (nSPS) is 12.9. The third-order valence-corrected chi connectivity index (χ3v) is 11.1. The number of nitro benzene ring substituents is 1. The molecule has 0 saturated heterocycles. The number of nitrogens with zero attached hydrogens (tertiary/aromatic N) is 7. The molecule has 1 N–H and O–H groups in total. The number of alkyl halides is 1. The van der Waals surface area contributed by atoms with Crippen LogP contribution >= 0.6 is 15.9 Å². The molecule has 340 valence electrons. The van der Waals surface area contributed by atoms with Crippen molar-refractivity contribution in [2.75, 3.05) is 61.0 Å². The van der Waals surface area contributed by atoms with Gasteiger partial charge >= 0.3 is 11.9 Å². The van der Waals surface area contributed by atoms with Gasteiger partial charge in [0.05, 0.1) is 49.1 Å². The van der Waals surface area contributed by atoms with Gasteiger partial charge < -0.3 is 34.1 Å². The number of nitrogens with one attached hydrogen (secondary N) is 1. The first-order valence-electron chi connectivity index (χ1n) is 20.6. The molecule has 0 bridgehead atoms. The first kappa shape index (κ1) is 46.1. The monoisotopic (exact) mass is 962 g/mol. The number of nitro groups is 1. The van der Waals surface area contributed by atoms with Crippen molar-refractivity contribution in [1.82, 2.24) is 19.6 Å². The largest absolute Gasteiger partial charge is 0.497 e. The summed E-state index contributed by atoms with van der Waals surface area (Å²) < 4.78 is 23.6. The van der Waals surface area contributed by atoms with Crippen LogP contribution in [0.5, 0.6) is 11.5 Å². The van der Waals surface area contributed by atoms with Crippen LogP contribution in [0.3, 0.4) is 0 Å². The van der Waals surface area contributed by atoms with Gasteiger partial charge in [0, 0.05) is 53.4 Å². The molecule has 2 aliphatic heterocycles. The maximum Gasteiger partial charge on any atom is 0.359 e. The third-order valence-electron chi connectivity index (χ3n) is 10.6. The summed E-state index contributed by atoms with van der Waals surface area (Å²) in [5.41, 5.74) is 4.87. The molecule has 2 aliphatic rings. The van der Waals surface area contributed by atoms with Crippen molar-refractivity contribution in [2.24, 2.45) is 0 Å². The van der Waals surface area contributed by atoms with E-state index in [1.165, 1.54) is 38.5 Å². The molecule has 0 spiro atoms. The molecule has 0 fully saturated rings. The molecular formula is C46H43BrN8O11. The first-order valence-corrected chi connectivity index (χ1v) is 21.7. The van der Waals surface area contributed by atoms with Gasteiger partial charge in [-0.25, -0.2) is 19.0 Å². The standard InChI is InChI=1S/C24H23BrN4O5.C22H20N4O6/c1-3-34-24(32)21-19-12-13-28(16-6-4-15(5-7-16)26-20(30)14-25)23(31)22(19)29(27-21)17-8-10-18(33-2)11-9-17;1-3-32-22(28)19-18-12-13-24(14-4-6-16(7-5-14)26(29)30)21(27)20(18)25(23-19)15-8-10-17(31-2)11-9-15/h4-11H,3,12-14H2,1-2H3,(H,26,30);4-11H,3,12-13H2,1-2H3. The number of anilines is 3. The molecule has 0 radical (unpaired) electrons. The highest BCUT2D eigenvalue weighted by atomic mass is 79.9. The molecule has 4 heterocycles. The average Bonchev–Trinajstić information content (AvgIpc) is 3.94. The molecule has 6 aromatic rings. The minimum atomic E-state index is -0.590. The van der Waals surface area contributed by atoms with Crippen LogP contribution in [0.4, 0.5) is 22.7 Å². The summed E-state index contributed by atoms with van der Waals surface area (Å²) in [6.07, 6.45) is 0.815. The summed E-state index contributed by atoms with van der Waals surface area (Å²) >= 11 is 3.12. The molecule has 19 nitrogen and oxygen atoms in total. The van der Waals surface area contributed by atoms with Crippen molar-refractivity contribution in [3.8, 4) is 22.9 Å². The first-order chi connectivity index (χ1) is 31.9. The zero-order valence-corrected chi connectivity index (χ0v) is 37.8. The highest BCUT2D eigenvalue weighted by molar-refractivity contribution is 9.09. The van der Waals surface area contributed by atoms with E-state index in [4.69, 9.17) is 18.9 Å². The Balaban J connectivity index is 0.000000197. The van der Waals surface area contributed by atoms with Gasteiger partial charge in [-0.3, -0.25) is 24.5 Å². The topological polar surface area (TPSA) is 220 Å². The van der Waals surface area contributed by atoms with Crippen LogP contribution in [0.2, 0.25) is 0 Å². The van der Waals surface area contributed by atoms with E-state index in [-0.39, 0.29) is 59.0 Å². The minimum Gasteiger partial charge on any atom is -0.497 e. The van der Waals surface area contributed by atoms with E-state index >= 15 is 0 Å². The minimum absolute atomic E-state index is 0.0632. The maximum atomic E-state index is 13.6. The average molecular weight is 964 g/mol. The van der Waals surface area contributed by atoms with Crippen molar-refractivity contribution < 1.29 is 47.8 Å². The predicted octanol–water partition coefficient (Wildman–Crippen LogP) is 6.76. The van der Waals surface area contributed by atoms with Gasteiger partial charge in [-0.2, -0.15) is 10.2 Å². The fraction of sp³-hybridized carbons (Fsp3) is 0.239. The lowest BCUT2D eigenvalue weighted by molar-refractivity contribution is -0.384. The molecule has 2 aromatic heterocycles. The molecule has 0 saturated carbocycles. The predicted molar refractivity (Wildman–Crippen MR) is 245 cm³/mol. The Morgan fingerprint density at radius 2 is 1.05 bits per heavy atom. The van der Waals surface area contributed by atoms with Crippen molar-refractivity contribution >= 4 is 68.3 Å². The van der Waals surface area contributed by atoms with Crippen LogP contribution in [0, 0.1) is 10.1 Å². The fourth-order valence-electron chi connectivity index (χ4n) is 7.43. The number of carbonyl (C=O) groups excluding carboxylic acids is 5. The van der Waals surface area contributed by atoms with Crippen LogP contribution < -0.4 is 24.6 Å². The van der Waals surface area contributed by atoms with Crippen LogP contribution in [0.1, 0.15) is 66.9 Å². The quantitative estimate of drug-likeness (QED) is 0.0548. The SMILES string of the molecule is CCOC(=O)c1nn(-c2ccc(OC)cc2)c2c1CCN(c1ccc(NC(=O)CBr)cc1)C2=O.CCOC(=O)c1nn(-c2ccc(OC)cc2)c2c1CCN(c1ccc([N+](=O)[O-])cc1)C2=O. The number of hydrogen-bond acceptors (Lipinski definition) is 13. The zero-order chi connectivity index (χ0) is 47.1. The lowest BCUT2D eigenvalue weighted by atomic mass is 10.0. The lowest BCUT2D eigenvalue weighted by Crippen LogP contribution is -2.39. The second-order valence-electron chi connectivity index (χ2n) is 14.4. The van der Waals surface area contributed by atoms with Crippen LogP contribution in [-0.2, 0) is 27.1 Å². The van der Waals surface area contributed by atoms with E-state index in [1.54, 1.807) is 106 Å². The van der Waals surface area contributed by atoms with E-state index < -0.39 is 16.9 Å². The number of ether oxygens (including phenoxy) is 4. The van der Waals surface area contributed by atoms with Gasteiger partial charge in [0.1, 0.15) is 22.9 Å². The molecule has 0 atom stereocenters. The number of esters is 2. The zero-order valence-electron chi connectivity index (χ0n) is 36.2. The number of benzene rings is 4. The number of fused-ring (bicyclic) bond motifs is 2. The Kier molecular flexibility index (Phi) is 14.2. The summed E-state index contributed by atoms with van der Waals surface area (Å²) in [6, 6.07) is 26.8. The summed E-state index contributed by atoms with van der Waals surface area (Å²) in [5.74, 6) is -0.654. The Labute approximate surface area is 386 Å². The molecule has 20 heteroatoms. The number of halogens is 1. The van der Waals surface area contributed by atoms with Crippen molar-refractivity contribution in [3.05, 3.63) is 141 Å². The summed E-state index contributed by atoms with van der Waals surface area (Å²) in [6.45, 7) is 4.49. The van der Waals surface area contributed by atoms with Gasteiger partial charge in [-0.1, -0.05) is 15.9 Å². The number of carbonyl (C=O) groups is 5. The summed E-state index contributed by atoms with van der Waals surface area (Å²) in [4.78, 5) is 77.4. The van der Waals surface area contributed by atoms with Crippen molar-refractivity contribution in [3.63, 3.8) is 0 Å². The van der Waals surface area contributed by atoms with Gasteiger partial charge in [0.2, 0.25) is 5.91 Å². The maximum absolute atomic E-state index is 13.6. The molecule has 0 aliphatic carbocycles. The number of hydrogen-bond donors (Lipinski definition) is 1. The number of methoxy groups -OCH3 is 2. The Hall–Kier alpha value is -7.87. The third kappa shape index (κ3) is 9.48. The summed E-state index contributed by atoms with van der Waals surface area (Å²) in [5, 5.41) is 22.8. The van der Waals surface area contributed by atoms with Crippen LogP contribution in [0.15, 0.2) is 97.1 Å². The number of non-ortho nitro benzene ring substituents is 1.